The SMILES string of the molecule is O=C1NC(=O)N(C2CCCCC2)C(=O)/C1=C/c1ccc2c(c1)CCN2CCCCl. The molecule has 1 aromatic carbocycles. The van der Waals surface area contributed by atoms with Crippen LogP contribution in [0.5, 0.6) is 0 Å². The Balaban J connectivity index is 1.57. The summed E-state index contributed by atoms with van der Waals surface area (Å²) < 4.78 is 0. The van der Waals surface area contributed by atoms with E-state index in [1.165, 1.54) is 16.2 Å². The molecule has 4 amide bonds. The first-order valence-corrected chi connectivity index (χ1v) is 11.0. The fourth-order valence-electron chi connectivity index (χ4n) is 4.57. The van der Waals surface area contributed by atoms with Crippen LogP contribution >= 0.6 is 11.6 Å². The number of hydrogen-bond acceptors (Lipinski definition) is 4. The molecule has 2 fully saturated rings. The molecule has 2 aliphatic heterocycles. The Morgan fingerprint density at radius 1 is 1.14 bits per heavy atom. The first-order valence-electron chi connectivity index (χ1n) is 10.4. The van der Waals surface area contributed by atoms with Crippen molar-refractivity contribution in [3.63, 3.8) is 0 Å². The van der Waals surface area contributed by atoms with Crippen LogP contribution in [0.1, 0.15) is 49.7 Å². The molecule has 0 radical (unpaired) electrons. The second-order valence-electron chi connectivity index (χ2n) is 7.95. The molecule has 0 atom stereocenters. The molecule has 1 saturated heterocycles. The number of alkyl halides is 1. The molecule has 1 N–H and O–H groups in total. The van der Waals surface area contributed by atoms with Crippen LogP contribution in [0.25, 0.3) is 6.08 Å². The van der Waals surface area contributed by atoms with Crippen molar-refractivity contribution in [3.8, 4) is 0 Å². The highest BCUT2D eigenvalue weighted by molar-refractivity contribution is 6.31. The molecule has 1 aromatic rings. The fourth-order valence-corrected chi connectivity index (χ4v) is 4.69. The van der Waals surface area contributed by atoms with Gasteiger partial charge in [-0.05, 0) is 55.0 Å². The number of fused-ring (bicyclic) bond motifs is 1. The average molecular weight is 416 g/mol. The minimum atomic E-state index is -0.615. The number of barbiturate groups is 1. The lowest BCUT2D eigenvalue weighted by molar-refractivity contribution is -0.132. The lowest BCUT2D eigenvalue weighted by Gasteiger charge is -2.35. The van der Waals surface area contributed by atoms with E-state index in [4.69, 9.17) is 11.6 Å². The summed E-state index contributed by atoms with van der Waals surface area (Å²) in [4.78, 5) is 41.3. The van der Waals surface area contributed by atoms with Crippen molar-refractivity contribution < 1.29 is 14.4 Å². The predicted molar refractivity (Wildman–Crippen MR) is 113 cm³/mol. The van der Waals surface area contributed by atoms with Crippen LogP contribution in [-0.2, 0) is 16.0 Å². The summed E-state index contributed by atoms with van der Waals surface area (Å²) >= 11 is 5.81. The van der Waals surface area contributed by atoms with E-state index < -0.39 is 17.8 Å². The third-order valence-electron chi connectivity index (χ3n) is 6.04. The highest BCUT2D eigenvalue weighted by Crippen LogP contribution is 2.31. The smallest absolute Gasteiger partial charge is 0.331 e. The minimum absolute atomic E-state index is 0.0344. The van der Waals surface area contributed by atoms with Gasteiger partial charge in [-0.2, -0.15) is 0 Å². The summed E-state index contributed by atoms with van der Waals surface area (Å²) in [6.45, 7) is 1.88. The number of hydrogen-bond donors (Lipinski definition) is 1. The molecule has 7 heteroatoms. The maximum Gasteiger partial charge on any atom is 0.331 e. The Bertz CT molecular complexity index is 861. The van der Waals surface area contributed by atoms with Gasteiger partial charge in [0.15, 0.2) is 0 Å². The topological polar surface area (TPSA) is 69.7 Å². The number of nitrogens with zero attached hydrogens (tertiary/aromatic N) is 2. The van der Waals surface area contributed by atoms with E-state index in [0.29, 0.717) is 5.88 Å². The quantitative estimate of drug-likeness (QED) is 0.454. The Kier molecular flexibility index (Phi) is 5.90. The van der Waals surface area contributed by atoms with Crippen LogP contribution in [0.2, 0.25) is 0 Å². The molecule has 2 heterocycles. The highest BCUT2D eigenvalue weighted by Gasteiger charge is 2.40. The predicted octanol–water partition coefficient (Wildman–Crippen LogP) is 3.47. The zero-order valence-electron chi connectivity index (χ0n) is 16.5. The van der Waals surface area contributed by atoms with Crippen molar-refractivity contribution >= 4 is 41.2 Å². The highest BCUT2D eigenvalue weighted by atomic mass is 35.5. The number of nitrogens with one attached hydrogen (secondary N) is 1. The summed E-state index contributed by atoms with van der Waals surface area (Å²) in [6, 6.07) is 5.28. The lowest BCUT2D eigenvalue weighted by atomic mass is 9.93. The Morgan fingerprint density at radius 2 is 1.93 bits per heavy atom. The van der Waals surface area contributed by atoms with Gasteiger partial charge in [0.2, 0.25) is 0 Å². The second kappa shape index (κ2) is 8.57. The molecule has 154 valence electrons. The molecular weight excluding hydrogens is 390 g/mol. The number of imide groups is 2. The van der Waals surface area contributed by atoms with E-state index in [2.05, 4.69) is 10.2 Å². The zero-order valence-corrected chi connectivity index (χ0v) is 17.2. The van der Waals surface area contributed by atoms with Crippen molar-refractivity contribution in [1.29, 1.82) is 0 Å². The van der Waals surface area contributed by atoms with E-state index in [1.807, 2.05) is 18.2 Å². The van der Waals surface area contributed by atoms with E-state index in [-0.39, 0.29) is 11.6 Å². The first kappa shape index (κ1) is 20.0. The number of anilines is 1. The van der Waals surface area contributed by atoms with Gasteiger partial charge in [-0.25, -0.2) is 4.79 Å². The van der Waals surface area contributed by atoms with Gasteiger partial charge in [-0.1, -0.05) is 25.3 Å². The van der Waals surface area contributed by atoms with Crippen molar-refractivity contribution in [2.45, 2.75) is 51.0 Å². The number of carbonyl (C=O) groups excluding carboxylic acids is 3. The van der Waals surface area contributed by atoms with Crippen LogP contribution in [0.15, 0.2) is 23.8 Å². The molecule has 4 rings (SSSR count). The van der Waals surface area contributed by atoms with Crippen LogP contribution in [0.3, 0.4) is 0 Å². The van der Waals surface area contributed by atoms with Crippen molar-refractivity contribution in [2.24, 2.45) is 0 Å². The van der Waals surface area contributed by atoms with E-state index in [1.54, 1.807) is 6.08 Å². The average Bonchev–Trinajstić information content (AvgIpc) is 3.12. The zero-order chi connectivity index (χ0) is 20.4. The van der Waals surface area contributed by atoms with Crippen LogP contribution in [0.4, 0.5) is 10.5 Å². The minimum Gasteiger partial charge on any atom is -0.371 e. The summed E-state index contributed by atoms with van der Waals surface area (Å²) in [7, 11) is 0. The third-order valence-corrected chi connectivity index (χ3v) is 6.31. The summed E-state index contributed by atoms with van der Waals surface area (Å²) in [5.74, 6) is -0.449. The molecule has 0 unspecified atom stereocenters. The lowest BCUT2D eigenvalue weighted by Crippen LogP contribution is -2.58. The number of urea groups is 1. The molecule has 6 nitrogen and oxygen atoms in total. The van der Waals surface area contributed by atoms with E-state index >= 15 is 0 Å². The van der Waals surface area contributed by atoms with Crippen LogP contribution in [0, 0.1) is 0 Å². The van der Waals surface area contributed by atoms with Gasteiger partial charge in [-0.15, -0.1) is 11.6 Å². The maximum atomic E-state index is 13.0. The van der Waals surface area contributed by atoms with Gasteiger partial charge in [0.05, 0.1) is 0 Å². The molecular formula is C22H26ClN3O3. The van der Waals surface area contributed by atoms with Crippen LogP contribution < -0.4 is 10.2 Å². The largest absolute Gasteiger partial charge is 0.371 e. The summed E-state index contributed by atoms with van der Waals surface area (Å²) in [5.41, 5.74) is 3.24. The molecule has 0 aromatic heterocycles. The standard InChI is InChI=1S/C22H26ClN3O3/c23-10-4-11-25-12-9-16-13-15(7-8-19(16)25)14-18-20(27)24-22(29)26(21(18)28)17-5-2-1-3-6-17/h7-8,13-14,17H,1-6,9-12H2,(H,24,27,29)/b18-14+. The molecule has 0 bridgehead atoms. The van der Waals surface area contributed by atoms with Gasteiger partial charge >= 0.3 is 6.03 Å². The fraction of sp³-hybridized carbons (Fsp3) is 0.500. The van der Waals surface area contributed by atoms with Gasteiger partial charge in [0.25, 0.3) is 11.8 Å². The summed E-state index contributed by atoms with van der Waals surface area (Å²) in [6.07, 6.45) is 8.21. The number of rotatable bonds is 5. The van der Waals surface area contributed by atoms with Crippen molar-refractivity contribution in [2.75, 3.05) is 23.9 Å². The molecule has 1 saturated carbocycles. The van der Waals surface area contributed by atoms with Gasteiger partial charge < -0.3 is 4.90 Å². The van der Waals surface area contributed by atoms with Crippen molar-refractivity contribution in [3.05, 3.63) is 34.9 Å². The molecule has 0 spiro atoms. The van der Waals surface area contributed by atoms with E-state index in [9.17, 15) is 14.4 Å². The van der Waals surface area contributed by atoms with E-state index in [0.717, 1.165) is 63.6 Å². The van der Waals surface area contributed by atoms with Gasteiger partial charge in [0.1, 0.15) is 5.57 Å². The molecule has 3 aliphatic rings. The molecule has 29 heavy (non-hydrogen) atoms. The van der Waals surface area contributed by atoms with Gasteiger partial charge in [0, 0.05) is 30.7 Å². The normalized spacial score (nSPS) is 21.7. The Morgan fingerprint density at radius 3 is 2.69 bits per heavy atom. The van der Waals surface area contributed by atoms with Crippen molar-refractivity contribution in [1.82, 2.24) is 10.2 Å². The maximum absolute atomic E-state index is 13.0. The monoisotopic (exact) mass is 415 g/mol. The second-order valence-corrected chi connectivity index (χ2v) is 8.33. The Labute approximate surface area is 175 Å². The summed E-state index contributed by atoms with van der Waals surface area (Å²) in [5, 5.41) is 2.35. The number of benzene rings is 1. The molecule has 1 aliphatic carbocycles. The number of carbonyl (C=O) groups is 3. The number of halogens is 1. The third kappa shape index (κ3) is 4.04. The van der Waals surface area contributed by atoms with Gasteiger partial charge in [-0.3, -0.25) is 19.8 Å². The van der Waals surface area contributed by atoms with Crippen LogP contribution in [-0.4, -0.2) is 47.8 Å². The number of amides is 4. The Hall–Kier alpha value is -2.34. The first-order chi connectivity index (χ1) is 14.1.